The van der Waals surface area contributed by atoms with Crippen molar-refractivity contribution in [3.63, 3.8) is 0 Å². The molecule has 8 heteroatoms. The van der Waals surface area contributed by atoms with Crippen molar-refractivity contribution in [1.82, 2.24) is 16.0 Å². The molecule has 6 nitrogen and oxygen atoms in total. The van der Waals surface area contributed by atoms with Gasteiger partial charge in [0.2, 0.25) is 0 Å². The minimum absolute atomic E-state index is 0. The van der Waals surface area contributed by atoms with E-state index in [2.05, 4.69) is 20.9 Å². The molecule has 1 heterocycles. The van der Waals surface area contributed by atoms with E-state index in [1.54, 1.807) is 30.4 Å². The molecule has 1 unspecified atom stereocenters. The van der Waals surface area contributed by atoms with Crippen molar-refractivity contribution in [1.29, 1.82) is 0 Å². The van der Waals surface area contributed by atoms with Gasteiger partial charge in [-0.3, -0.25) is 4.79 Å². The van der Waals surface area contributed by atoms with Crippen molar-refractivity contribution in [3.8, 4) is 0 Å². The lowest BCUT2D eigenvalue weighted by Gasteiger charge is -2.24. The molecule has 0 spiro atoms. The molecule has 28 heavy (non-hydrogen) atoms. The molecule has 2 rings (SSSR count). The third kappa shape index (κ3) is 7.40. The maximum Gasteiger partial charge on any atom is 0.251 e. The summed E-state index contributed by atoms with van der Waals surface area (Å²) in [6.45, 7) is 7.84. The first-order valence-corrected chi connectivity index (χ1v) is 10.0. The summed E-state index contributed by atoms with van der Waals surface area (Å²) >= 11 is 1.56. The number of aliphatic imine (C=N–C) groups is 1. The molecule has 0 aliphatic heterocycles. The van der Waals surface area contributed by atoms with Gasteiger partial charge in [-0.1, -0.05) is 12.1 Å². The van der Waals surface area contributed by atoms with Crippen molar-refractivity contribution in [2.45, 2.75) is 32.9 Å². The van der Waals surface area contributed by atoms with E-state index in [1.165, 1.54) is 0 Å². The van der Waals surface area contributed by atoms with Gasteiger partial charge in [-0.2, -0.15) is 11.3 Å². The Morgan fingerprint density at radius 1 is 1.11 bits per heavy atom. The average molecular weight is 516 g/mol. The zero-order valence-corrected chi connectivity index (χ0v) is 19.6. The zero-order valence-electron chi connectivity index (χ0n) is 16.5. The molecule has 0 aliphatic rings. The Kier molecular flexibility index (Phi) is 10.5. The van der Waals surface area contributed by atoms with Crippen LogP contribution in [0.2, 0.25) is 0 Å². The topological polar surface area (TPSA) is 85.8 Å². The number of nitrogens with one attached hydrogen (secondary N) is 3. The highest BCUT2D eigenvalue weighted by molar-refractivity contribution is 14.0. The molecule has 1 aromatic carbocycles. The van der Waals surface area contributed by atoms with Gasteiger partial charge < -0.3 is 21.1 Å². The van der Waals surface area contributed by atoms with Gasteiger partial charge in [-0.15, -0.1) is 24.0 Å². The number of rotatable bonds is 8. The second-order valence-corrected chi connectivity index (χ2v) is 7.17. The molecule has 1 atom stereocenters. The number of hydrogen-bond donors (Lipinski definition) is 4. The predicted octanol–water partition coefficient (Wildman–Crippen LogP) is 3.08. The monoisotopic (exact) mass is 516 g/mol. The van der Waals surface area contributed by atoms with Crippen LogP contribution in [-0.4, -0.2) is 36.6 Å². The van der Waals surface area contributed by atoms with Crippen molar-refractivity contribution >= 4 is 47.2 Å². The molecule has 154 valence electrons. The van der Waals surface area contributed by atoms with Crippen LogP contribution in [0.1, 0.15) is 42.3 Å². The third-order valence-electron chi connectivity index (χ3n) is 4.06. The van der Waals surface area contributed by atoms with Crippen molar-refractivity contribution in [2.24, 2.45) is 4.99 Å². The van der Waals surface area contributed by atoms with E-state index in [1.807, 2.05) is 42.8 Å². The highest BCUT2D eigenvalue weighted by Crippen LogP contribution is 2.21. The predicted molar refractivity (Wildman–Crippen MR) is 127 cm³/mol. The number of guanidine groups is 1. The SMILES string of the molecule is CCNC(=O)c1ccc(CN=C(NCC)NCC(C)(O)c2ccsc2)cc1.I. The lowest BCUT2D eigenvalue weighted by Crippen LogP contribution is -2.44. The lowest BCUT2D eigenvalue weighted by molar-refractivity contribution is 0.0621. The number of benzene rings is 1. The first-order chi connectivity index (χ1) is 13.0. The van der Waals surface area contributed by atoms with Crippen LogP contribution in [0.5, 0.6) is 0 Å². The summed E-state index contributed by atoms with van der Waals surface area (Å²) in [4.78, 5) is 16.4. The number of thiophene rings is 1. The van der Waals surface area contributed by atoms with Crippen LogP contribution < -0.4 is 16.0 Å². The van der Waals surface area contributed by atoms with E-state index in [0.717, 1.165) is 17.7 Å². The van der Waals surface area contributed by atoms with E-state index >= 15 is 0 Å². The summed E-state index contributed by atoms with van der Waals surface area (Å²) in [6, 6.07) is 9.33. The van der Waals surface area contributed by atoms with Crippen LogP contribution >= 0.6 is 35.3 Å². The molecule has 1 aromatic heterocycles. The molecule has 0 fully saturated rings. The number of hydrogen-bond acceptors (Lipinski definition) is 4. The number of halogens is 1. The molecule has 0 aliphatic carbocycles. The standard InChI is InChI=1S/C20H28N4O2S.HI/c1-4-21-18(25)16-8-6-15(7-9-16)12-23-19(22-5-2)24-14-20(3,26)17-10-11-27-13-17;/h6-11,13,26H,4-5,12,14H2,1-3H3,(H,21,25)(H2,22,23,24);1H. The van der Waals surface area contributed by atoms with Crippen LogP contribution in [-0.2, 0) is 12.1 Å². The Labute approximate surface area is 187 Å². The number of nitrogens with zero attached hydrogens (tertiary/aromatic N) is 1. The Balaban J connectivity index is 0.00000392. The highest BCUT2D eigenvalue weighted by atomic mass is 127. The molecule has 0 radical (unpaired) electrons. The number of amides is 1. The minimum Gasteiger partial charge on any atom is -0.384 e. The number of aliphatic hydroxyl groups is 1. The normalized spacial score (nSPS) is 13.2. The molecule has 2 aromatic rings. The minimum atomic E-state index is -0.968. The largest absolute Gasteiger partial charge is 0.384 e. The smallest absolute Gasteiger partial charge is 0.251 e. The van der Waals surface area contributed by atoms with Gasteiger partial charge in [0.25, 0.3) is 5.91 Å². The molecular weight excluding hydrogens is 487 g/mol. The third-order valence-corrected chi connectivity index (χ3v) is 4.74. The van der Waals surface area contributed by atoms with Crippen molar-refractivity contribution in [3.05, 3.63) is 57.8 Å². The Bertz CT molecular complexity index is 746. The average Bonchev–Trinajstić information content (AvgIpc) is 3.20. The van der Waals surface area contributed by atoms with E-state index < -0.39 is 5.60 Å². The van der Waals surface area contributed by atoms with Gasteiger partial charge in [0, 0.05) is 18.7 Å². The number of carbonyl (C=O) groups is 1. The Morgan fingerprint density at radius 3 is 2.36 bits per heavy atom. The van der Waals surface area contributed by atoms with E-state index in [0.29, 0.717) is 31.2 Å². The fourth-order valence-corrected chi connectivity index (χ4v) is 3.25. The van der Waals surface area contributed by atoms with Crippen LogP contribution in [0, 0.1) is 0 Å². The van der Waals surface area contributed by atoms with Gasteiger partial charge in [-0.25, -0.2) is 4.99 Å². The fraction of sp³-hybridized carbons (Fsp3) is 0.400. The molecule has 1 amide bonds. The van der Waals surface area contributed by atoms with Gasteiger partial charge in [0.05, 0.1) is 13.1 Å². The van der Waals surface area contributed by atoms with Crippen LogP contribution in [0.3, 0.4) is 0 Å². The first-order valence-electron chi connectivity index (χ1n) is 9.10. The van der Waals surface area contributed by atoms with Gasteiger partial charge >= 0.3 is 0 Å². The van der Waals surface area contributed by atoms with E-state index in [-0.39, 0.29) is 29.9 Å². The van der Waals surface area contributed by atoms with E-state index in [9.17, 15) is 9.90 Å². The van der Waals surface area contributed by atoms with Gasteiger partial charge in [-0.05, 0) is 60.9 Å². The summed E-state index contributed by atoms with van der Waals surface area (Å²) in [5.41, 5.74) is 1.56. The lowest BCUT2D eigenvalue weighted by atomic mass is 9.99. The van der Waals surface area contributed by atoms with Crippen LogP contribution in [0.4, 0.5) is 0 Å². The summed E-state index contributed by atoms with van der Waals surface area (Å²) < 4.78 is 0. The Morgan fingerprint density at radius 2 is 1.79 bits per heavy atom. The first kappa shape index (κ1) is 24.4. The van der Waals surface area contributed by atoms with Crippen molar-refractivity contribution < 1.29 is 9.90 Å². The van der Waals surface area contributed by atoms with Gasteiger partial charge in [0.1, 0.15) is 5.60 Å². The van der Waals surface area contributed by atoms with Crippen molar-refractivity contribution in [2.75, 3.05) is 19.6 Å². The molecule has 0 bridgehead atoms. The molecule has 0 saturated carbocycles. The summed E-state index contributed by atoms with van der Waals surface area (Å²) in [5.74, 6) is 0.569. The quantitative estimate of drug-likeness (QED) is 0.247. The maximum atomic E-state index is 11.8. The molecular formula is C20H29IN4O2S. The maximum absolute atomic E-state index is 11.8. The zero-order chi connectivity index (χ0) is 19.7. The second-order valence-electron chi connectivity index (χ2n) is 6.39. The fourth-order valence-electron chi connectivity index (χ4n) is 2.47. The summed E-state index contributed by atoms with van der Waals surface area (Å²) in [5, 5.41) is 23.7. The van der Waals surface area contributed by atoms with E-state index in [4.69, 9.17) is 0 Å². The number of carbonyl (C=O) groups excluding carboxylic acids is 1. The van der Waals surface area contributed by atoms with Gasteiger partial charge in [0.15, 0.2) is 5.96 Å². The van der Waals surface area contributed by atoms with Crippen LogP contribution in [0.25, 0.3) is 0 Å². The summed E-state index contributed by atoms with van der Waals surface area (Å²) in [7, 11) is 0. The highest BCUT2D eigenvalue weighted by Gasteiger charge is 2.23. The molecule has 4 N–H and O–H groups in total. The molecule has 0 saturated heterocycles. The van der Waals surface area contributed by atoms with Crippen LogP contribution in [0.15, 0.2) is 46.1 Å². The Hall–Kier alpha value is -1.65. The second kappa shape index (κ2) is 12.0. The summed E-state index contributed by atoms with van der Waals surface area (Å²) in [6.07, 6.45) is 0.